The van der Waals surface area contributed by atoms with Crippen molar-refractivity contribution >= 4 is 28.5 Å². The Hall–Kier alpha value is -3.99. The van der Waals surface area contributed by atoms with Gasteiger partial charge in [-0.1, -0.05) is 60.2 Å². The van der Waals surface area contributed by atoms with Crippen molar-refractivity contribution in [1.82, 2.24) is 4.98 Å². The van der Waals surface area contributed by atoms with Gasteiger partial charge in [0.2, 0.25) is 0 Å². The van der Waals surface area contributed by atoms with Crippen LogP contribution in [0.15, 0.2) is 78.9 Å². The second kappa shape index (κ2) is 8.79. The van der Waals surface area contributed by atoms with Crippen molar-refractivity contribution in [1.29, 1.82) is 0 Å². The van der Waals surface area contributed by atoms with Gasteiger partial charge < -0.3 is 10.1 Å². The average molecular weight is 410 g/mol. The van der Waals surface area contributed by atoms with Gasteiger partial charge in [-0.3, -0.25) is 4.79 Å². The quantitative estimate of drug-likeness (QED) is 0.453. The van der Waals surface area contributed by atoms with Crippen LogP contribution in [0.3, 0.4) is 0 Å². The van der Waals surface area contributed by atoms with E-state index >= 15 is 0 Å². The molecule has 154 valence electrons. The normalized spacial score (nSPS) is 10.6. The Morgan fingerprint density at radius 3 is 2.42 bits per heavy atom. The third kappa shape index (κ3) is 4.78. The molecule has 1 aromatic heterocycles. The second-order valence-electron chi connectivity index (χ2n) is 7.43. The molecule has 1 amide bonds. The minimum atomic E-state index is -0.564. The van der Waals surface area contributed by atoms with Crippen LogP contribution in [-0.4, -0.2) is 23.5 Å². The maximum Gasteiger partial charge on any atom is 0.339 e. The monoisotopic (exact) mass is 410 g/mol. The Balaban J connectivity index is 1.56. The van der Waals surface area contributed by atoms with Gasteiger partial charge in [0.1, 0.15) is 0 Å². The first kappa shape index (κ1) is 20.3. The van der Waals surface area contributed by atoms with Gasteiger partial charge in [0.05, 0.1) is 16.8 Å². The summed E-state index contributed by atoms with van der Waals surface area (Å²) in [7, 11) is 0. The highest BCUT2D eigenvalue weighted by atomic mass is 16.5. The number of nitrogens with zero attached hydrogens (tertiary/aromatic N) is 1. The minimum Gasteiger partial charge on any atom is -0.452 e. The van der Waals surface area contributed by atoms with Crippen LogP contribution in [0.1, 0.15) is 21.5 Å². The summed E-state index contributed by atoms with van der Waals surface area (Å²) in [6, 6.07) is 24.5. The number of hydrogen-bond acceptors (Lipinski definition) is 4. The number of carbonyl (C=O) groups excluding carboxylic acids is 2. The summed E-state index contributed by atoms with van der Waals surface area (Å²) < 4.78 is 5.33. The summed E-state index contributed by atoms with van der Waals surface area (Å²) >= 11 is 0. The van der Waals surface area contributed by atoms with Crippen LogP contribution in [0, 0.1) is 13.8 Å². The van der Waals surface area contributed by atoms with Gasteiger partial charge in [-0.15, -0.1) is 0 Å². The molecule has 0 aliphatic carbocycles. The summed E-state index contributed by atoms with van der Waals surface area (Å²) in [6.45, 7) is 3.58. The zero-order valence-electron chi connectivity index (χ0n) is 17.4. The van der Waals surface area contributed by atoms with Crippen molar-refractivity contribution in [3.63, 3.8) is 0 Å². The predicted octanol–water partition coefficient (Wildman–Crippen LogP) is 5.31. The molecule has 5 heteroatoms. The molecule has 0 saturated heterocycles. The lowest BCUT2D eigenvalue weighted by Gasteiger charge is -2.11. The molecular formula is C26H22N2O3. The number of fused-ring (bicyclic) bond motifs is 1. The van der Waals surface area contributed by atoms with Crippen LogP contribution < -0.4 is 5.32 Å². The molecule has 5 nitrogen and oxygen atoms in total. The lowest BCUT2D eigenvalue weighted by molar-refractivity contribution is -0.119. The van der Waals surface area contributed by atoms with Gasteiger partial charge in [-0.05, 0) is 43.7 Å². The summed E-state index contributed by atoms with van der Waals surface area (Å²) in [5, 5.41) is 3.42. The van der Waals surface area contributed by atoms with Crippen molar-refractivity contribution in [3.8, 4) is 11.3 Å². The number of amides is 1. The fraction of sp³-hybridized carbons (Fsp3) is 0.115. The first-order valence-corrected chi connectivity index (χ1v) is 10.00. The van der Waals surface area contributed by atoms with Crippen LogP contribution >= 0.6 is 0 Å². The maximum absolute atomic E-state index is 12.9. The average Bonchev–Trinajstić information content (AvgIpc) is 2.77. The number of pyridine rings is 1. The van der Waals surface area contributed by atoms with Gasteiger partial charge in [-0.25, -0.2) is 9.78 Å². The molecule has 4 rings (SSSR count). The Morgan fingerprint density at radius 2 is 1.65 bits per heavy atom. The number of nitrogens with one attached hydrogen (secondary N) is 1. The van der Waals surface area contributed by atoms with E-state index in [-0.39, 0.29) is 6.61 Å². The number of hydrogen-bond donors (Lipinski definition) is 1. The van der Waals surface area contributed by atoms with Crippen molar-refractivity contribution in [2.45, 2.75) is 13.8 Å². The van der Waals surface area contributed by atoms with Crippen molar-refractivity contribution < 1.29 is 14.3 Å². The molecule has 0 fully saturated rings. The molecule has 0 unspecified atom stereocenters. The smallest absolute Gasteiger partial charge is 0.339 e. The number of para-hydroxylation sites is 1. The van der Waals surface area contributed by atoms with Gasteiger partial charge in [-0.2, -0.15) is 0 Å². The standard InChI is InChI=1S/C26H22N2O3/c1-17-10-12-19(13-11-17)24-15-22(21-8-3-4-9-23(21)28-24)26(30)31-16-25(29)27-20-7-5-6-18(2)14-20/h3-15H,16H2,1-2H3,(H,27,29). The molecule has 0 radical (unpaired) electrons. The SMILES string of the molecule is Cc1ccc(-c2cc(C(=O)OCC(=O)Nc3cccc(C)c3)c3ccccc3n2)cc1. The molecule has 0 aliphatic heterocycles. The Labute approximate surface area is 180 Å². The third-order valence-electron chi connectivity index (χ3n) is 4.92. The lowest BCUT2D eigenvalue weighted by Crippen LogP contribution is -2.21. The van der Waals surface area contributed by atoms with E-state index in [0.717, 1.165) is 16.7 Å². The zero-order chi connectivity index (χ0) is 21.8. The number of carbonyl (C=O) groups is 2. The highest BCUT2D eigenvalue weighted by Crippen LogP contribution is 2.25. The minimum absolute atomic E-state index is 0.372. The third-order valence-corrected chi connectivity index (χ3v) is 4.92. The second-order valence-corrected chi connectivity index (χ2v) is 7.43. The molecule has 0 aliphatic rings. The largest absolute Gasteiger partial charge is 0.452 e. The lowest BCUT2D eigenvalue weighted by atomic mass is 10.0. The number of aromatic nitrogens is 1. The number of anilines is 1. The van der Waals surface area contributed by atoms with Crippen LogP contribution in [0.5, 0.6) is 0 Å². The number of ether oxygens (including phenoxy) is 1. The molecule has 0 bridgehead atoms. The van der Waals surface area contributed by atoms with Gasteiger partial charge in [0, 0.05) is 16.6 Å². The molecule has 31 heavy (non-hydrogen) atoms. The van der Waals surface area contributed by atoms with Gasteiger partial charge in [0.25, 0.3) is 5.91 Å². The number of rotatable bonds is 5. The first-order valence-electron chi connectivity index (χ1n) is 10.00. The van der Waals surface area contributed by atoms with Crippen molar-refractivity contribution in [3.05, 3.63) is 95.6 Å². The van der Waals surface area contributed by atoms with E-state index in [9.17, 15) is 9.59 Å². The van der Waals surface area contributed by atoms with Crippen LogP contribution in [0.25, 0.3) is 22.2 Å². The molecule has 3 aromatic carbocycles. The summed E-state index contributed by atoms with van der Waals surface area (Å²) in [5.41, 5.74) is 5.49. The Kier molecular flexibility index (Phi) is 5.76. The highest BCUT2D eigenvalue weighted by molar-refractivity contribution is 6.05. The van der Waals surface area contributed by atoms with E-state index in [2.05, 4.69) is 5.32 Å². The molecule has 0 saturated carbocycles. The van der Waals surface area contributed by atoms with Gasteiger partial charge >= 0.3 is 5.97 Å². The van der Waals surface area contributed by atoms with E-state index in [4.69, 9.17) is 9.72 Å². The molecule has 1 N–H and O–H groups in total. The molecular weight excluding hydrogens is 388 g/mol. The summed E-state index contributed by atoms with van der Waals surface area (Å²) in [4.78, 5) is 29.8. The fourth-order valence-corrected chi connectivity index (χ4v) is 3.35. The topological polar surface area (TPSA) is 68.3 Å². The van der Waals surface area contributed by atoms with Crippen LogP contribution in [0.4, 0.5) is 5.69 Å². The summed E-state index contributed by atoms with van der Waals surface area (Å²) in [6.07, 6.45) is 0. The first-order chi connectivity index (χ1) is 15.0. The van der Waals surface area contributed by atoms with E-state index in [1.54, 1.807) is 12.1 Å². The number of aryl methyl sites for hydroxylation is 2. The van der Waals surface area contributed by atoms with Crippen LogP contribution in [-0.2, 0) is 9.53 Å². The predicted molar refractivity (Wildman–Crippen MR) is 122 cm³/mol. The van der Waals surface area contributed by atoms with E-state index in [1.165, 1.54) is 0 Å². The van der Waals surface area contributed by atoms with Crippen molar-refractivity contribution in [2.24, 2.45) is 0 Å². The molecule has 1 heterocycles. The maximum atomic E-state index is 12.9. The number of benzene rings is 3. The Morgan fingerprint density at radius 1 is 0.871 bits per heavy atom. The number of esters is 1. The fourth-order valence-electron chi connectivity index (χ4n) is 3.35. The van der Waals surface area contributed by atoms with E-state index in [1.807, 2.05) is 80.6 Å². The zero-order valence-corrected chi connectivity index (χ0v) is 17.4. The van der Waals surface area contributed by atoms with E-state index < -0.39 is 11.9 Å². The van der Waals surface area contributed by atoms with Gasteiger partial charge in [0.15, 0.2) is 6.61 Å². The van der Waals surface area contributed by atoms with Crippen molar-refractivity contribution in [2.75, 3.05) is 11.9 Å². The Bertz CT molecular complexity index is 1260. The summed E-state index contributed by atoms with van der Waals surface area (Å²) in [5.74, 6) is -0.956. The highest BCUT2D eigenvalue weighted by Gasteiger charge is 2.16. The molecule has 0 atom stereocenters. The van der Waals surface area contributed by atoms with E-state index in [0.29, 0.717) is 27.8 Å². The van der Waals surface area contributed by atoms with Crippen LogP contribution in [0.2, 0.25) is 0 Å². The molecule has 4 aromatic rings. The molecule has 0 spiro atoms.